The van der Waals surface area contributed by atoms with Crippen molar-refractivity contribution < 1.29 is 23.7 Å². The second-order valence-electron chi connectivity index (χ2n) is 10.8. The number of piperidine rings is 1. The van der Waals surface area contributed by atoms with Gasteiger partial charge in [0.15, 0.2) is 0 Å². The van der Waals surface area contributed by atoms with Crippen molar-refractivity contribution in [2.45, 2.75) is 58.8 Å². The normalized spacial score (nSPS) is 14.2. The number of hydrogen-bond acceptors (Lipinski definition) is 9. The molecule has 0 aliphatic carbocycles. The third-order valence-electron chi connectivity index (χ3n) is 6.77. The number of carbonyl (C=O) groups excluding carboxylic acids is 1. The SMILES string of the molecule is CCNc1ncc2cc(-c3c(Cl)c(OC)cc(OC)c3Cl)c(=O)n(CCOC3CCN(C(=O)OC(C)(C)C)CC3)c2n1. The predicted octanol–water partition coefficient (Wildman–Crippen LogP) is 5.63. The molecule has 4 rings (SSSR count). The van der Waals surface area contributed by atoms with Crippen LogP contribution in [0.5, 0.6) is 11.5 Å². The molecule has 11 nitrogen and oxygen atoms in total. The fourth-order valence-electron chi connectivity index (χ4n) is 4.75. The van der Waals surface area contributed by atoms with E-state index in [1.165, 1.54) is 14.2 Å². The van der Waals surface area contributed by atoms with Crippen molar-refractivity contribution in [2.75, 3.05) is 45.8 Å². The minimum atomic E-state index is -0.546. The van der Waals surface area contributed by atoms with Crippen LogP contribution in [-0.2, 0) is 16.0 Å². The second-order valence-corrected chi connectivity index (χ2v) is 11.6. The molecule has 0 saturated carbocycles. The molecule has 228 valence electrons. The van der Waals surface area contributed by atoms with Gasteiger partial charge in [-0.05, 0) is 46.6 Å². The van der Waals surface area contributed by atoms with E-state index in [-0.39, 0.29) is 46.5 Å². The lowest BCUT2D eigenvalue weighted by molar-refractivity contribution is -0.0130. The molecule has 0 radical (unpaired) electrons. The first kappa shape index (κ1) is 31.7. The summed E-state index contributed by atoms with van der Waals surface area (Å²) in [5.74, 6) is 1.04. The molecule has 1 aromatic carbocycles. The number of benzene rings is 1. The summed E-state index contributed by atoms with van der Waals surface area (Å²) in [6, 6.07) is 3.24. The summed E-state index contributed by atoms with van der Waals surface area (Å²) in [6.07, 6.45) is 2.59. The highest BCUT2D eigenvalue weighted by molar-refractivity contribution is 6.41. The molecule has 1 saturated heterocycles. The molecule has 42 heavy (non-hydrogen) atoms. The molecule has 0 unspecified atom stereocenters. The Kier molecular flexibility index (Phi) is 10.1. The average molecular weight is 623 g/mol. The van der Waals surface area contributed by atoms with E-state index in [0.717, 1.165) is 0 Å². The number of methoxy groups -OCH3 is 2. The zero-order chi connectivity index (χ0) is 30.6. The third kappa shape index (κ3) is 7.02. The van der Waals surface area contributed by atoms with E-state index in [2.05, 4.69) is 15.3 Å². The van der Waals surface area contributed by atoms with Gasteiger partial charge in [-0.1, -0.05) is 23.2 Å². The number of hydrogen-bond donors (Lipinski definition) is 1. The quantitative estimate of drug-likeness (QED) is 0.324. The summed E-state index contributed by atoms with van der Waals surface area (Å²) >= 11 is 13.4. The van der Waals surface area contributed by atoms with E-state index < -0.39 is 5.60 Å². The molecule has 1 aliphatic rings. The van der Waals surface area contributed by atoms with Gasteiger partial charge in [-0.25, -0.2) is 9.78 Å². The highest BCUT2D eigenvalue weighted by Gasteiger charge is 2.28. The van der Waals surface area contributed by atoms with E-state index in [9.17, 15) is 9.59 Å². The Bertz CT molecular complexity index is 1470. The number of carbonyl (C=O) groups is 1. The standard InChI is InChI=1S/C29H37Cl2N5O6/c1-7-32-27-33-16-17-14-19(22-23(30)20(39-5)15-21(40-6)24(22)31)26(37)36(25(17)34-27)12-13-41-18-8-10-35(11-9-18)28(38)42-29(2,3)4/h14-16,18H,7-13H2,1-6H3,(H,32,33,34). The average Bonchev–Trinajstić information content (AvgIpc) is 2.94. The van der Waals surface area contributed by atoms with Crippen molar-refractivity contribution in [3.05, 3.63) is 38.7 Å². The number of likely N-dealkylation sites (tertiary alicyclic amines) is 1. The van der Waals surface area contributed by atoms with Crippen molar-refractivity contribution in [1.29, 1.82) is 0 Å². The van der Waals surface area contributed by atoms with Crippen LogP contribution in [-0.4, -0.2) is 77.7 Å². The summed E-state index contributed by atoms with van der Waals surface area (Å²) in [5.41, 5.74) is 0.0861. The molecule has 0 spiro atoms. The highest BCUT2D eigenvalue weighted by atomic mass is 35.5. The molecular formula is C29H37Cl2N5O6. The maximum atomic E-state index is 14.0. The number of fused-ring (bicyclic) bond motifs is 1. The molecule has 2 aromatic heterocycles. The predicted molar refractivity (Wildman–Crippen MR) is 163 cm³/mol. The number of halogens is 2. The smallest absolute Gasteiger partial charge is 0.410 e. The maximum absolute atomic E-state index is 14.0. The Morgan fingerprint density at radius 2 is 1.74 bits per heavy atom. The van der Waals surface area contributed by atoms with Gasteiger partial charge in [0.1, 0.15) is 22.7 Å². The Balaban J connectivity index is 1.63. The summed E-state index contributed by atoms with van der Waals surface area (Å²) in [7, 11) is 2.95. The Hall–Kier alpha value is -3.28. The first-order valence-corrected chi connectivity index (χ1v) is 14.6. The van der Waals surface area contributed by atoms with E-state index in [1.807, 2.05) is 27.7 Å². The maximum Gasteiger partial charge on any atom is 0.410 e. The zero-order valence-corrected chi connectivity index (χ0v) is 26.3. The monoisotopic (exact) mass is 621 g/mol. The largest absolute Gasteiger partial charge is 0.495 e. The first-order valence-electron chi connectivity index (χ1n) is 13.8. The number of ether oxygens (including phenoxy) is 4. The van der Waals surface area contributed by atoms with Gasteiger partial charge in [0, 0.05) is 42.8 Å². The van der Waals surface area contributed by atoms with Gasteiger partial charge < -0.3 is 29.2 Å². The van der Waals surface area contributed by atoms with Gasteiger partial charge in [0.05, 0.1) is 49.1 Å². The van der Waals surface area contributed by atoms with E-state index >= 15 is 0 Å². The third-order valence-corrected chi connectivity index (χ3v) is 7.52. The van der Waals surface area contributed by atoms with E-state index in [4.69, 9.17) is 42.1 Å². The number of amides is 1. The van der Waals surface area contributed by atoms with Crippen molar-refractivity contribution >= 4 is 46.3 Å². The minimum absolute atomic E-state index is 0.0627. The number of rotatable bonds is 9. The lowest BCUT2D eigenvalue weighted by Crippen LogP contribution is -2.43. The number of aromatic nitrogens is 3. The van der Waals surface area contributed by atoms with Crippen LogP contribution >= 0.6 is 23.2 Å². The van der Waals surface area contributed by atoms with Crippen LogP contribution in [0.3, 0.4) is 0 Å². The minimum Gasteiger partial charge on any atom is -0.495 e. The number of nitrogens with zero attached hydrogens (tertiary/aromatic N) is 4. The molecule has 3 heterocycles. The van der Waals surface area contributed by atoms with Crippen molar-refractivity contribution in [3.63, 3.8) is 0 Å². The molecule has 1 aliphatic heterocycles. The molecule has 0 atom stereocenters. The van der Waals surface area contributed by atoms with Crippen LogP contribution in [0.4, 0.5) is 10.7 Å². The first-order chi connectivity index (χ1) is 20.0. The van der Waals surface area contributed by atoms with Crippen molar-refractivity contribution in [1.82, 2.24) is 19.4 Å². The fraction of sp³-hybridized carbons (Fsp3) is 0.517. The fourth-order valence-corrected chi connectivity index (χ4v) is 5.46. The summed E-state index contributed by atoms with van der Waals surface area (Å²) < 4.78 is 24.0. The van der Waals surface area contributed by atoms with Gasteiger partial charge in [-0.2, -0.15) is 4.98 Å². The highest BCUT2D eigenvalue weighted by Crippen LogP contribution is 2.45. The van der Waals surface area contributed by atoms with Crippen molar-refractivity contribution in [3.8, 4) is 22.6 Å². The second kappa shape index (κ2) is 13.4. The Morgan fingerprint density at radius 3 is 2.31 bits per heavy atom. The van der Waals surface area contributed by atoms with E-state index in [1.54, 1.807) is 27.8 Å². The zero-order valence-electron chi connectivity index (χ0n) is 24.8. The van der Waals surface area contributed by atoms with Crippen molar-refractivity contribution in [2.24, 2.45) is 0 Å². The molecule has 1 N–H and O–H groups in total. The summed E-state index contributed by atoms with van der Waals surface area (Å²) in [6.45, 7) is 9.63. The van der Waals surface area contributed by atoms with Crippen LogP contribution in [0.15, 0.2) is 23.1 Å². The topological polar surface area (TPSA) is 117 Å². The lowest BCUT2D eigenvalue weighted by atomic mass is 10.0. The van der Waals surface area contributed by atoms with Gasteiger partial charge in [-0.3, -0.25) is 9.36 Å². The molecule has 1 fully saturated rings. The van der Waals surface area contributed by atoms with E-state index in [0.29, 0.717) is 66.5 Å². The van der Waals surface area contributed by atoms with Crippen LogP contribution in [0.1, 0.15) is 40.5 Å². The Morgan fingerprint density at radius 1 is 1.10 bits per heavy atom. The van der Waals surface area contributed by atoms with Gasteiger partial charge in [-0.15, -0.1) is 0 Å². The molecular weight excluding hydrogens is 585 g/mol. The van der Waals surface area contributed by atoms with Gasteiger partial charge in [0.2, 0.25) is 5.95 Å². The van der Waals surface area contributed by atoms with Crippen LogP contribution in [0.2, 0.25) is 10.0 Å². The summed E-state index contributed by atoms with van der Waals surface area (Å²) in [4.78, 5) is 37.1. The lowest BCUT2D eigenvalue weighted by Gasteiger charge is -2.33. The Labute approximate surface area is 255 Å². The summed E-state index contributed by atoms with van der Waals surface area (Å²) in [5, 5.41) is 4.08. The molecule has 13 heteroatoms. The number of anilines is 1. The van der Waals surface area contributed by atoms with Crippen LogP contribution in [0, 0.1) is 0 Å². The number of nitrogens with one attached hydrogen (secondary N) is 1. The molecule has 0 bridgehead atoms. The molecule has 1 amide bonds. The van der Waals surface area contributed by atoms with Crippen LogP contribution in [0.25, 0.3) is 22.2 Å². The molecule has 3 aromatic rings. The van der Waals surface area contributed by atoms with Gasteiger partial charge >= 0.3 is 6.09 Å². The van der Waals surface area contributed by atoms with Crippen LogP contribution < -0.4 is 20.3 Å². The van der Waals surface area contributed by atoms with Gasteiger partial charge in [0.25, 0.3) is 5.56 Å². The number of pyridine rings is 1.